The fourth-order valence-electron chi connectivity index (χ4n) is 4.02. The minimum atomic E-state index is -4.51. The van der Waals surface area contributed by atoms with Crippen LogP contribution in [0.4, 0.5) is 18.9 Å². The molecule has 0 saturated heterocycles. The number of carbonyl (C=O) groups excluding carboxylic acids is 3. The number of para-hydroxylation sites is 1. The van der Waals surface area contributed by atoms with E-state index in [1.54, 1.807) is 12.3 Å². The topological polar surface area (TPSA) is 171 Å². The number of pyridine rings is 1. The standard InChI is InChI=1S/C27H32F3N7O3/c28-27(29,30)19-7-5-17(6-8-19)13-23(26(40)35-20-14-18-3-1-2-4-22(18)34-15-20)36-25(39)21(33)9-10-24(38)37(16-32)12-11-31/h1-8,14-15,21,23H,9-13,16,31-33H2,(H,35,40)(H,36,39)/p+1/t21-,23-/m1/s1. The van der Waals surface area contributed by atoms with Crippen LogP contribution in [-0.2, 0) is 27.0 Å². The number of rotatable bonds is 12. The van der Waals surface area contributed by atoms with Crippen molar-refractivity contribution in [1.82, 2.24) is 10.2 Å². The van der Waals surface area contributed by atoms with Crippen LogP contribution in [0.25, 0.3) is 10.9 Å². The average molecular weight is 561 g/mol. The van der Waals surface area contributed by atoms with Crippen LogP contribution < -0.4 is 32.8 Å². The van der Waals surface area contributed by atoms with E-state index in [4.69, 9.17) is 17.2 Å². The summed E-state index contributed by atoms with van der Waals surface area (Å²) in [5.41, 5.74) is 17.9. The van der Waals surface area contributed by atoms with Crippen molar-refractivity contribution in [2.24, 2.45) is 17.2 Å². The van der Waals surface area contributed by atoms with Gasteiger partial charge in [0.1, 0.15) is 11.7 Å². The van der Waals surface area contributed by atoms with Gasteiger partial charge in [0.15, 0.2) is 6.20 Å². The molecule has 3 aromatic rings. The Morgan fingerprint density at radius 1 is 1.00 bits per heavy atom. The molecule has 0 aliphatic rings. The van der Waals surface area contributed by atoms with E-state index in [1.807, 2.05) is 24.3 Å². The number of nitrogens with one attached hydrogen (secondary N) is 3. The molecule has 0 radical (unpaired) electrons. The van der Waals surface area contributed by atoms with Gasteiger partial charge in [-0.25, -0.2) is 4.98 Å². The molecule has 9 N–H and O–H groups in total. The fraction of sp³-hybridized carbons (Fsp3) is 0.333. The monoisotopic (exact) mass is 560 g/mol. The second kappa shape index (κ2) is 13.8. The van der Waals surface area contributed by atoms with E-state index in [2.05, 4.69) is 15.6 Å². The van der Waals surface area contributed by atoms with Gasteiger partial charge in [0.05, 0.1) is 18.3 Å². The average Bonchev–Trinajstić information content (AvgIpc) is 2.93. The summed E-state index contributed by atoms with van der Waals surface area (Å²) in [4.78, 5) is 42.9. The van der Waals surface area contributed by atoms with Crippen LogP contribution in [0.15, 0.2) is 60.8 Å². The number of carbonyl (C=O) groups is 3. The highest BCUT2D eigenvalue weighted by Crippen LogP contribution is 2.29. The van der Waals surface area contributed by atoms with Crippen LogP contribution >= 0.6 is 0 Å². The predicted octanol–water partition coefficient (Wildman–Crippen LogP) is 1.15. The van der Waals surface area contributed by atoms with Crippen molar-refractivity contribution in [3.05, 3.63) is 71.9 Å². The van der Waals surface area contributed by atoms with E-state index >= 15 is 0 Å². The molecule has 214 valence electrons. The van der Waals surface area contributed by atoms with Crippen molar-refractivity contribution < 1.29 is 32.5 Å². The Bertz CT molecular complexity index is 1320. The highest BCUT2D eigenvalue weighted by atomic mass is 19.4. The lowest BCUT2D eigenvalue weighted by molar-refractivity contribution is -0.343. The molecule has 0 saturated carbocycles. The minimum absolute atomic E-state index is 0.0139. The number of anilines is 1. The molecular formula is C27H33F3N7O3+. The number of hydrogen-bond donors (Lipinski definition) is 5. The van der Waals surface area contributed by atoms with Crippen molar-refractivity contribution in [1.29, 1.82) is 0 Å². The zero-order chi connectivity index (χ0) is 29.3. The van der Waals surface area contributed by atoms with Gasteiger partial charge in [-0.3, -0.25) is 14.4 Å². The summed E-state index contributed by atoms with van der Waals surface area (Å²) in [5, 5.41) is 6.14. The molecule has 3 amide bonds. The molecule has 0 spiro atoms. The maximum atomic E-state index is 13.3. The number of hydrogen-bond acceptors (Lipinski definition) is 6. The molecular weight excluding hydrogens is 527 g/mol. The van der Waals surface area contributed by atoms with Crippen molar-refractivity contribution in [3.8, 4) is 0 Å². The lowest BCUT2D eigenvalue weighted by Gasteiger charge is -2.22. The lowest BCUT2D eigenvalue weighted by Crippen LogP contribution is -2.51. The Balaban J connectivity index is 1.74. The Hall–Kier alpha value is -4.07. The second-order valence-corrected chi connectivity index (χ2v) is 9.20. The molecule has 2 atom stereocenters. The molecule has 13 heteroatoms. The smallest absolute Gasteiger partial charge is 0.343 e. The van der Waals surface area contributed by atoms with Crippen LogP contribution in [0.3, 0.4) is 0 Å². The summed E-state index contributed by atoms with van der Waals surface area (Å²) in [5.74, 6) is -1.61. The quantitative estimate of drug-likeness (QED) is 0.208. The van der Waals surface area contributed by atoms with Crippen LogP contribution in [0.1, 0.15) is 24.0 Å². The van der Waals surface area contributed by atoms with E-state index in [0.717, 1.165) is 23.0 Å². The molecule has 1 heterocycles. The number of amides is 3. The second-order valence-electron chi connectivity index (χ2n) is 9.20. The Labute approximate surface area is 229 Å². The van der Waals surface area contributed by atoms with E-state index in [1.165, 1.54) is 17.0 Å². The third kappa shape index (κ3) is 8.46. The first-order valence-electron chi connectivity index (χ1n) is 12.6. The first kappa shape index (κ1) is 30.5. The number of H-pyrrole nitrogens is 1. The van der Waals surface area contributed by atoms with E-state index in [9.17, 15) is 27.6 Å². The van der Waals surface area contributed by atoms with Crippen LogP contribution in [0.5, 0.6) is 0 Å². The highest BCUT2D eigenvalue weighted by molar-refractivity contribution is 5.98. The van der Waals surface area contributed by atoms with Crippen LogP contribution in [0.2, 0.25) is 0 Å². The first-order valence-corrected chi connectivity index (χ1v) is 12.6. The number of benzene rings is 2. The Kier molecular flexibility index (Phi) is 10.5. The zero-order valence-corrected chi connectivity index (χ0v) is 21.7. The molecule has 3 rings (SSSR count). The molecule has 10 nitrogen and oxygen atoms in total. The molecule has 2 aromatic carbocycles. The number of nitrogens with zero attached hydrogens (tertiary/aromatic N) is 1. The number of aromatic amines is 1. The summed E-state index contributed by atoms with van der Waals surface area (Å²) in [7, 11) is 0. The fourth-order valence-corrected chi connectivity index (χ4v) is 4.02. The number of aromatic nitrogens is 1. The summed E-state index contributed by atoms with van der Waals surface area (Å²) < 4.78 is 39.0. The maximum absolute atomic E-state index is 13.3. The molecule has 0 fully saturated rings. The Morgan fingerprint density at radius 3 is 2.35 bits per heavy atom. The number of nitrogens with two attached hydrogens (primary N) is 3. The van der Waals surface area contributed by atoms with Gasteiger partial charge in [-0.2, -0.15) is 13.2 Å². The molecule has 0 bridgehead atoms. The predicted molar refractivity (Wildman–Crippen MR) is 143 cm³/mol. The number of alkyl halides is 3. The molecule has 0 aliphatic carbocycles. The third-order valence-electron chi connectivity index (χ3n) is 6.25. The first-order chi connectivity index (χ1) is 19.0. The van der Waals surface area contributed by atoms with Gasteiger partial charge < -0.3 is 32.7 Å². The van der Waals surface area contributed by atoms with Crippen LogP contribution in [-0.4, -0.2) is 54.5 Å². The number of halogens is 3. The van der Waals surface area contributed by atoms with Crippen molar-refractivity contribution >= 4 is 34.3 Å². The summed E-state index contributed by atoms with van der Waals surface area (Å²) >= 11 is 0. The third-order valence-corrected chi connectivity index (χ3v) is 6.25. The van der Waals surface area contributed by atoms with Gasteiger partial charge in [0, 0.05) is 37.4 Å². The van der Waals surface area contributed by atoms with E-state index < -0.39 is 35.6 Å². The van der Waals surface area contributed by atoms with Gasteiger partial charge in [0.25, 0.3) is 0 Å². The molecule has 1 aromatic heterocycles. The number of fused-ring (bicyclic) bond motifs is 1. The van der Waals surface area contributed by atoms with Gasteiger partial charge in [-0.15, -0.1) is 0 Å². The summed E-state index contributed by atoms with van der Waals surface area (Å²) in [6.07, 6.45) is -3.10. The van der Waals surface area contributed by atoms with Gasteiger partial charge >= 0.3 is 6.18 Å². The maximum Gasteiger partial charge on any atom is 0.416 e. The van der Waals surface area contributed by atoms with Gasteiger partial charge in [-0.1, -0.05) is 24.3 Å². The molecule has 0 unspecified atom stereocenters. The van der Waals surface area contributed by atoms with Crippen molar-refractivity contribution in [2.45, 2.75) is 37.5 Å². The van der Waals surface area contributed by atoms with Gasteiger partial charge in [0.2, 0.25) is 23.2 Å². The minimum Gasteiger partial charge on any atom is -0.343 e. The summed E-state index contributed by atoms with van der Waals surface area (Å²) in [6.45, 7) is 0.461. The van der Waals surface area contributed by atoms with E-state index in [0.29, 0.717) is 11.3 Å². The SMILES string of the molecule is NCCN(CN)C(=O)CC[C@@H](N)C(=O)N[C@H](Cc1ccc(C(F)(F)F)cc1)C(=O)Nc1c[nH+]c2ccccc2c1. The highest BCUT2D eigenvalue weighted by Gasteiger charge is 2.31. The van der Waals surface area contributed by atoms with Gasteiger partial charge in [-0.05, 0) is 36.2 Å². The Morgan fingerprint density at radius 2 is 1.70 bits per heavy atom. The summed E-state index contributed by atoms with van der Waals surface area (Å²) in [6, 6.07) is 11.2. The van der Waals surface area contributed by atoms with Crippen molar-refractivity contribution in [2.75, 3.05) is 25.1 Å². The van der Waals surface area contributed by atoms with E-state index in [-0.39, 0.29) is 44.9 Å². The molecule has 40 heavy (non-hydrogen) atoms. The largest absolute Gasteiger partial charge is 0.416 e. The zero-order valence-electron chi connectivity index (χ0n) is 21.7. The van der Waals surface area contributed by atoms with Crippen molar-refractivity contribution in [3.63, 3.8) is 0 Å². The lowest BCUT2D eigenvalue weighted by atomic mass is 10.0. The normalized spacial score (nSPS) is 12.9. The molecule has 0 aliphatic heterocycles. The van der Waals surface area contributed by atoms with Crippen LogP contribution in [0, 0.1) is 0 Å².